The van der Waals surface area contributed by atoms with Gasteiger partial charge in [-0.1, -0.05) is 41.2 Å². The highest BCUT2D eigenvalue weighted by Crippen LogP contribution is 2.03. The van der Waals surface area contributed by atoms with Crippen molar-refractivity contribution in [3.8, 4) is 0 Å². The Kier molecular flexibility index (Phi) is 14.1. The number of hydrogen-bond acceptors (Lipinski definition) is 2. The molecule has 1 N–H and O–H groups in total. The summed E-state index contributed by atoms with van der Waals surface area (Å²) in [6.45, 7) is 16.7. The zero-order chi connectivity index (χ0) is 13.7. The van der Waals surface area contributed by atoms with Crippen molar-refractivity contribution in [2.45, 2.75) is 47.5 Å². The lowest BCUT2D eigenvalue weighted by molar-refractivity contribution is -0.123. The van der Waals surface area contributed by atoms with Gasteiger partial charge in [-0.3, -0.25) is 4.79 Å². The van der Waals surface area contributed by atoms with E-state index < -0.39 is 0 Å². The predicted molar refractivity (Wildman–Crippen MR) is 78.0 cm³/mol. The summed E-state index contributed by atoms with van der Waals surface area (Å²) in [6, 6.07) is 0. The molecule has 1 saturated heterocycles. The standard InChI is InChI=1S/C7H15NO.C5H9N.C2H6.H2/c1-4-5-8-7(9)6(2)3;1-2-6-4-3-5-6;1-2;/h6H,4-5H2,1-3H3,(H,8,9);2H,1,3-5H2;1-2H3;1H. The van der Waals surface area contributed by atoms with E-state index in [0.717, 1.165) is 13.0 Å². The quantitative estimate of drug-likeness (QED) is 0.823. The van der Waals surface area contributed by atoms with Gasteiger partial charge in [0.25, 0.3) is 0 Å². The van der Waals surface area contributed by atoms with E-state index in [2.05, 4.69) is 16.8 Å². The molecule has 0 aliphatic carbocycles. The Hall–Kier alpha value is -0.990. The molecule has 0 unspecified atom stereocenters. The van der Waals surface area contributed by atoms with Crippen LogP contribution in [-0.4, -0.2) is 30.4 Å². The maximum Gasteiger partial charge on any atom is 0.222 e. The van der Waals surface area contributed by atoms with Gasteiger partial charge in [0.05, 0.1) is 0 Å². The fraction of sp³-hybridized carbons (Fsp3) is 0.786. The first-order chi connectivity index (χ1) is 8.11. The Bertz CT molecular complexity index is 192. The van der Waals surface area contributed by atoms with Crippen molar-refractivity contribution in [1.29, 1.82) is 0 Å². The lowest BCUT2D eigenvalue weighted by atomic mass is 10.2. The summed E-state index contributed by atoms with van der Waals surface area (Å²) in [6.07, 6.45) is 4.26. The molecule has 1 amide bonds. The molecular weight excluding hydrogens is 212 g/mol. The molecule has 104 valence electrons. The van der Waals surface area contributed by atoms with Crippen molar-refractivity contribution in [1.82, 2.24) is 10.2 Å². The second-order valence-corrected chi connectivity index (χ2v) is 4.02. The minimum atomic E-state index is 0. The molecular formula is C14H32N2O. The number of amides is 1. The van der Waals surface area contributed by atoms with Crippen LogP contribution < -0.4 is 5.32 Å². The maximum atomic E-state index is 10.8. The Morgan fingerprint density at radius 3 is 2.18 bits per heavy atom. The number of carbonyl (C=O) groups excluding carboxylic acids is 1. The number of likely N-dealkylation sites (tertiary alicyclic amines) is 1. The van der Waals surface area contributed by atoms with Crippen molar-refractivity contribution in [3.05, 3.63) is 12.8 Å². The van der Waals surface area contributed by atoms with Crippen molar-refractivity contribution >= 4 is 5.91 Å². The molecule has 1 rings (SSSR count). The molecule has 3 nitrogen and oxygen atoms in total. The zero-order valence-corrected chi connectivity index (χ0v) is 12.3. The molecule has 0 spiro atoms. The summed E-state index contributed by atoms with van der Waals surface area (Å²) < 4.78 is 0. The van der Waals surface area contributed by atoms with Crippen LogP contribution in [0.3, 0.4) is 0 Å². The van der Waals surface area contributed by atoms with Gasteiger partial charge in [-0.25, -0.2) is 0 Å². The highest BCUT2D eigenvalue weighted by atomic mass is 16.1. The van der Waals surface area contributed by atoms with Crippen LogP contribution in [0.25, 0.3) is 0 Å². The lowest BCUT2D eigenvalue weighted by Crippen LogP contribution is -2.31. The highest BCUT2D eigenvalue weighted by molar-refractivity contribution is 5.77. The van der Waals surface area contributed by atoms with Crippen LogP contribution >= 0.6 is 0 Å². The Labute approximate surface area is 109 Å². The second-order valence-electron chi connectivity index (χ2n) is 4.02. The van der Waals surface area contributed by atoms with Gasteiger partial charge in [0.15, 0.2) is 0 Å². The molecule has 3 heteroatoms. The molecule has 0 radical (unpaired) electrons. The summed E-state index contributed by atoms with van der Waals surface area (Å²) in [5, 5.41) is 2.79. The summed E-state index contributed by atoms with van der Waals surface area (Å²) in [5.74, 6) is 0.272. The largest absolute Gasteiger partial charge is 0.378 e. The number of nitrogens with one attached hydrogen (secondary N) is 1. The molecule has 17 heavy (non-hydrogen) atoms. The monoisotopic (exact) mass is 244 g/mol. The van der Waals surface area contributed by atoms with E-state index in [1.807, 2.05) is 40.8 Å². The normalized spacial score (nSPS) is 12.5. The van der Waals surface area contributed by atoms with Crippen LogP contribution in [0.4, 0.5) is 0 Å². The van der Waals surface area contributed by atoms with Crippen LogP contribution in [0.2, 0.25) is 0 Å². The van der Waals surface area contributed by atoms with E-state index in [0.29, 0.717) is 0 Å². The average Bonchev–Trinajstić information content (AvgIpc) is 2.28. The Morgan fingerprint density at radius 2 is 2.00 bits per heavy atom. The Balaban J connectivity index is -0.000000218. The lowest BCUT2D eigenvalue weighted by Gasteiger charge is -2.28. The van der Waals surface area contributed by atoms with Gasteiger partial charge in [0, 0.05) is 27.0 Å². The first-order valence-corrected chi connectivity index (χ1v) is 6.76. The highest BCUT2D eigenvalue weighted by Gasteiger charge is 2.05. The van der Waals surface area contributed by atoms with Gasteiger partial charge < -0.3 is 10.2 Å². The summed E-state index contributed by atoms with van der Waals surface area (Å²) in [5.41, 5.74) is 0. The minimum Gasteiger partial charge on any atom is -0.378 e. The SMILES string of the molecule is C=CN1CCC1.CC.CCCNC(=O)C(C)C.[HH]. The molecule has 0 saturated carbocycles. The molecule has 1 aliphatic rings. The van der Waals surface area contributed by atoms with E-state index in [1.54, 1.807) is 0 Å². The molecule has 0 aromatic rings. The van der Waals surface area contributed by atoms with E-state index in [9.17, 15) is 4.79 Å². The van der Waals surface area contributed by atoms with Crippen LogP contribution in [0.5, 0.6) is 0 Å². The molecule has 1 aliphatic heterocycles. The van der Waals surface area contributed by atoms with E-state index in [-0.39, 0.29) is 13.3 Å². The van der Waals surface area contributed by atoms with Gasteiger partial charge in [-0.15, -0.1) is 0 Å². The van der Waals surface area contributed by atoms with Gasteiger partial charge in [-0.2, -0.15) is 0 Å². The van der Waals surface area contributed by atoms with Crippen LogP contribution in [0, 0.1) is 5.92 Å². The van der Waals surface area contributed by atoms with Gasteiger partial charge in [-0.05, 0) is 19.0 Å². The average molecular weight is 244 g/mol. The van der Waals surface area contributed by atoms with Crippen molar-refractivity contribution in [2.75, 3.05) is 19.6 Å². The predicted octanol–water partition coefficient (Wildman–Crippen LogP) is 3.28. The molecule has 0 aromatic heterocycles. The topological polar surface area (TPSA) is 32.3 Å². The summed E-state index contributed by atoms with van der Waals surface area (Å²) >= 11 is 0. The van der Waals surface area contributed by atoms with E-state index in [4.69, 9.17) is 0 Å². The fourth-order valence-corrected chi connectivity index (χ4v) is 0.976. The first kappa shape index (κ1) is 18.4. The minimum absolute atomic E-state index is 0. The third kappa shape index (κ3) is 11.3. The summed E-state index contributed by atoms with van der Waals surface area (Å²) in [7, 11) is 0. The Morgan fingerprint density at radius 1 is 1.47 bits per heavy atom. The maximum absolute atomic E-state index is 10.8. The molecule has 0 atom stereocenters. The van der Waals surface area contributed by atoms with E-state index >= 15 is 0 Å². The van der Waals surface area contributed by atoms with Crippen LogP contribution in [0.15, 0.2) is 12.8 Å². The smallest absolute Gasteiger partial charge is 0.222 e. The van der Waals surface area contributed by atoms with E-state index in [1.165, 1.54) is 19.5 Å². The fourth-order valence-electron chi connectivity index (χ4n) is 0.976. The number of rotatable bonds is 4. The van der Waals surface area contributed by atoms with Gasteiger partial charge in [0.1, 0.15) is 0 Å². The second kappa shape index (κ2) is 13.1. The van der Waals surface area contributed by atoms with Gasteiger partial charge >= 0.3 is 0 Å². The third-order valence-corrected chi connectivity index (χ3v) is 2.22. The molecule has 1 fully saturated rings. The molecule has 0 aromatic carbocycles. The van der Waals surface area contributed by atoms with Crippen LogP contribution in [-0.2, 0) is 4.79 Å². The first-order valence-electron chi connectivity index (χ1n) is 6.76. The number of nitrogens with zero attached hydrogens (tertiary/aromatic N) is 1. The van der Waals surface area contributed by atoms with Gasteiger partial charge in [0.2, 0.25) is 5.91 Å². The van der Waals surface area contributed by atoms with Crippen molar-refractivity contribution in [2.24, 2.45) is 5.92 Å². The third-order valence-electron chi connectivity index (χ3n) is 2.22. The van der Waals surface area contributed by atoms with Crippen molar-refractivity contribution in [3.63, 3.8) is 0 Å². The zero-order valence-electron chi connectivity index (χ0n) is 12.3. The number of carbonyl (C=O) groups is 1. The molecule has 1 heterocycles. The number of hydrogen-bond donors (Lipinski definition) is 1. The summed E-state index contributed by atoms with van der Waals surface area (Å²) in [4.78, 5) is 13.0. The molecule has 0 bridgehead atoms. The van der Waals surface area contributed by atoms with Crippen LogP contribution in [0.1, 0.15) is 48.9 Å². The van der Waals surface area contributed by atoms with Crippen molar-refractivity contribution < 1.29 is 6.22 Å².